The van der Waals surface area contributed by atoms with Crippen LogP contribution in [0.5, 0.6) is 5.75 Å². The van der Waals surface area contributed by atoms with Gasteiger partial charge in [-0.15, -0.1) is 0 Å². The van der Waals surface area contributed by atoms with Gasteiger partial charge in [-0.05, 0) is 31.7 Å². The minimum atomic E-state index is 0.257. The van der Waals surface area contributed by atoms with Crippen molar-refractivity contribution in [3.63, 3.8) is 0 Å². The van der Waals surface area contributed by atoms with Crippen LogP contribution in [0.1, 0.15) is 25.5 Å². The molecule has 3 nitrogen and oxygen atoms in total. The monoisotopic (exact) mass is 283 g/mol. The average Bonchev–Trinajstić information content (AvgIpc) is 2.44. The molecule has 19 heavy (non-hydrogen) atoms. The van der Waals surface area contributed by atoms with Gasteiger partial charge in [0.2, 0.25) is 0 Å². The second kappa shape index (κ2) is 9.23. The summed E-state index contributed by atoms with van der Waals surface area (Å²) in [6.45, 7) is 5.01. The first kappa shape index (κ1) is 16.3. The molecule has 0 aromatic heterocycles. The molecule has 0 radical (unpaired) electrons. The Hall–Kier alpha value is -0.710. The van der Waals surface area contributed by atoms with Gasteiger partial charge in [0.05, 0.1) is 6.61 Å². The molecule has 0 fully saturated rings. The van der Waals surface area contributed by atoms with E-state index in [9.17, 15) is 0 Å². The summed E-state index contributed by atoms with van der Waals surface area (Å²) < 4.78 is 5.68. The average molecular weight is 283 g/mol. The highest BCUT2D eigenvalue weighted by Crippen LogP contribution is 2.27. The molecule has 4 heteroatoms. The molecule has 1 rings (SSSR count). The van der Waals surface area contributed by atoms with Gasteiger partial charge in [-0.1, -0.05) is 25.1 Å². The third kappa shape index (κ3) is 5.43. The Morgan fingerprint density at radius 1 is 1.32 bits per heavy atom. The number of aliphatic hydroxyl groups excluding tert-OH is 1. The molecule has 1 aromatic carbocycles. The smallest absolute Gasteiger partial charge is 0.124 e. The van der Waals surface area contributed by atoms with Crippen LogP contribution >= 0.6 is 11.8 Å². The van der Waals surface area contributed by atoms with Crippen molar-refractivity contribution < 1.29 is 9.84 Å². The minimum absolute atomic E-state index is 0.257. The van der Waals surface area contributed by atoms with Crippen LogP contribution in [-0.4, -0.2) is 36.9 Å². The highest BCUT2D eigenvalue weighted by molar-refractivity contribution is 7.99. The number of hydrogen-bond acceptors (Lipinski definition) is 4. The number of hydrogen-bond donors (Lipinski definition) is 2. The summed E-state index contributed by atoms with van der Waals surface area (Å²) in [5.74, 6) is 3.26. The summed E-state index contributed by atoms with van der Waals surface area (Å²) in [7, 11) is 1.98. The number of rotatable bonds is 9. The summed E-state index contributed by atoms with van der Waals surface area (Å²) in [5.41, 5.74) is 1.20. The van der Waals surface area contributed by atoms with Gasteiger partial charge in [0.25, 0.3) is 0 Å². The number of ether oxygens (including phenoxy) is 1. The molecule has 0 bridgehead atoms. The van der Waals surface area contributed by atoms with Crippen molar-refractivity contribution in [2.75, 3.05) is 31.8 Å². The van der Waals surface area contributed by atoms with E-state index in [0.717, 1.165) is 17.3 Å². The lowest BCUT2D eigenvalue weighted by Gasteiger charge is -2.20. The van der Waals surface area contributed by atoms with Gasteiger partial charge < -0.3 is 15.2 Å². The molecule has 2 atom stereocenters. The fraction of sp³-hybridized carbons (Fsp3) is 0.600. The quantitative estimate of drug-likeness (QED) is 0.731. The van der Waals surface area contributed by atoms with Crippen LogP contribution in [0.15, 0.2) is 24.3 Å². The number of para-hydroxylation sites is 1. The molecule has 0 saturated heterocycles. The molecule has 0 saturated carbocycles. The Kier molecular flexibility index (Phi) is 7.94. The normalized spacial score (nSPS) is 14.1. The van der Waals surface area contributed by atoms with Crippen LogP contribution in [0.2, 0.25) is 0 Å². The van der Waals surface area contributed by atoms with Crippen LogP contribution in [0.4, 0.5) is 0 Å². The van der Waals surface area contributed by atoms with Crippen molar-refractivity contribution in [2.45, 2.75) is 19.9 Å². The van der Waals surface area contributed by atoms with Crippen molar-refractivity contribution in [1.29, 1.82) is 0 Å². The van der Waals surface area contributed by atoms with E-state index in [1.165, 1.54) is 5.56 Å². The topological polar surface area (TPSA) is 41.5 Å². The van der Waals surface area contributed by atoms with Crippen molar-refractivity contribution in [2.24, 2.45) is 5.92 Å². The number of nitrogens with one attached hydrogen (secondary N) is 1. The standard InChI is InChI=1S/C15H25NO2S/c1-4-18-15-8-6-5-7-13(15)14(16-3)11-19-10-12(2)9-17/h5-8,12,14,16-17H,4,9-11H2,1-3H3. The lowest BCUT2D eigenvalue weighted by atomic mass is 10.1. The maximum absolute atomic E-state index is 9.04. The van der Waals surface area contributed by atoms with Crippen LogP contribution in [-0.2, 0) is 0 Å². The first-order valence-electron chi connectivity index (χ1n) is 6.80. The number of aliphatic hydroxyl groups is 1. The number of benzene rings is 1. The van der Waals surface area contributed by atoms with E-state index in [4.69, 9.17) is 9.84 Å². The maximum atomic E-state index is 9.04. The minimum Gasteiger partial charge on any atom is -0.494 e. The largest absolute Gasteiger partial charge is 0.494 e. The molecule has 0 spiro atoms. The molecule has 0 heterocycles. The fourth-order valence-corrected chi connectivity index (χ4v) is 3.05. The van der Waals surface area contributed by atoms with Gasteiger partial charge in [-0.3, -0.25) is 0 Å². The lowest BCUT2D eigenvalue weighted by molar-refractivity contribution is 0.250. The Morgan fingerprint density at radius 3 is 2.68 bits per heavy atom. The van der Waals surface area contributed by atoms with Gasteiger partial charge in [0.15, 0.2) is 0 Å². The highest BCUT2D eigenvalue weighted by Gasteiger charge is 2.14. The molecule has 0 aliphatic heterocycles. The summed E-state index contributed by atoms with van der Waals surface area (Å²) in [6, 6.07) is 8.45. The van der Waals surface area contributed by atoms with Crippen molar-refractivity contribution in [1.82, 2.24) is 5.32 Å². The zero-order valence-corrected chi connectivity index (χ0v) is 12.9. The Bertz CT molecular complexity index is 360. The molecular weight excluding hydrogens is 258 g/mol. The van der Waals surface area contributed by atoms with E-state index in [1.807, 2.05) is 43.9 Å². The van der Waals surface area contributed by atoms with Crippen molar-refractivity contribution in [3.05, 3.63) is 29.8 Å². The third-order valence-corrected chi connectivity index (χ3v) is 4.32. The predicted octanol–water partition coefficient (Wildman–Crippen LogP) is 2.71. The van der Waals surface area contributed by atoms with Gasteiger partial charge in [0, 0.05) is 24.0 Å². The van der Waals surface area contributed by atoms with E-state index in [-0.39, 0.29) is 12.6 Å². The van der Waals surface area contributed by atoms with Gasteiger partial charge >= 0.3 is 0 Å². The molecule has 1 aromatic rings. The van der Waals surface area contributed by atoms with Crippen LogP contribution < -0.4 is 10.1 Å². The second-order valence-electron chi connectivity index (χ2n) is 4.64. The first-order chi connectivity index (χ1) is 9.22. The molecule has 0 amide bonds. The van der Waals surface area contributed by atoms with E-state index < -0.39 is 0 Å². The molecular formula is C15H25NO2S. The van der Waals surface area contributed by atoms with E-state index >= 15 is 0 Å². The van der Waals surface area contributed by atoms with Crippen LogP contribution in [0.3, 0.4) is 0 Å². The van der Waals surface area contributed by atoms with Gasteiger partial charge in [0.1, 0.15) is 5.75 Å². The maximum Gasteiger partial charge on any atom is 0.124 e. The SMILES string of the molecule is CCOc1ccccc1C(CSCC(C)CO)NC. The Morgan fingerprint density at radius 2 is 2.05 bits per heavy atom. The Balaban J connectivity index is 2.63. The molecule has 108 valence electrons. The summed E-state index contributed by atoms with van der Waals surface area (Å²) in [4.78, 5) is 0. The van der Waals surface area contributed by atoms with E-state index in [0.29, 0.717) is 12.5 Å². The summed E-state index contributed by atoms with van der Waals surface area (Å²) >= 11 is 1.86. The van der Waals surface area contributed by atoms with E-state index in [2.05, 4.69) is 18.3 Å². The zero-order valence-electron chi connectivity index (χ0n) is 12.1. The van der Waals surface area contributed by atoms with E-state index in [1.54, 1.807) is 0 Å². The van der Waals surface area contributed by atoms with Crippen LogP contribution in [0, 0.1) is 5.92 Å². The van der Waals surface area contributed by atoms with Crippen LogP contribution in [0.25, 0.3) is 0 Å². The zero-order chi connectivity index (χ0) is 14.1. The molecule has 0 aliphatic carbocycles. The van der Waals surface area contributed by atoms with Crippen molar-refractivity contribution >= 4 is 11.8 Å². The fourth-order valence-electron chi connectivity index (χ4n) is 1.82. The lowest BCUT2D eigenvalue weighted by Crippen LogP contribution is -2.20. The van der Waals surface area contributed by atoms with Gasteiger partial charge in [-0.25, -0.2) is 0 Å². The molecule has 2 unspecified atom stereocenters. The first-order valence-corrected chi connectivity index (χ1v) is 7.95. The summed E-state index contributed by atoms with van der Waals surface area (Å²) in [6.07, 6.45) is 0. The van der Waals surface area contributed by atoms with Gasteiger partial charge in [-0.2, -0.15) is 11.8 Å². The third-order valence-electron chi connectivity index (χ3n) is 2.94. The highest BCUT2D eigenvalue weighted by atomic mass is 32.2. The number of thioether (sulfide) groups is 1. The van der Waals surface area contributed by atoms with Crippen molar-refractivity contribution in [3.8, 4) is 5.75 Å². The predicted molar refractivity (Wildman–Crippen MR) is 83.0 cm³/mol. The molecule has 0 aliphatic rings. The summed E-state index contributed by atoms with van der Waals surface area (Å²) in [5, 5.41) is 12.4. The molecule has 2 N–H and O–H groups in total. The second-order valence-corrected chi connectivity index (χ2v) is 5.71. The Labute approximate surface area is 120 Å².